The fourth-order valence-electron chi connectivity index (χ4n) is 1.94. The topological polar surface area (TPSA) is 47.3 Å². The highest BCUT2D eigenvalue weighted by Crippen LogP contribution is 2.31. The zero-order chi connectivity index (χ0) is 12.5. The zero-order valence-electron chi connectivity index (χ0n) is 10.9. The van der Waals surface area contributed by atoms with Gasteiger partial charge < -0.3 is 15.8 Å². The van der Waals surface area contributed by atoms with Gasteiger partial charge in [-0.05, 0) is 32.4 Å². The van der Waals surface area contributed by atoms with Gasteiger partial charge in [0.2, 0.25) is 0 Å². The second kappa shape index (κ2) is 4.67. The normalized spacial score (nSPS) is 19.6. The van der Waals surface area contributed by atoms with Crippen LogP contribution in [0.15, 0.2) is 18.2 Å². The van der Waals surface area contributed by atoms with E-state index in [0.717, 1.165) is 30.9 Å². The smallest absolute Gasteiger partial charge is 0.124 e. The van der Waals surface area contributed by atoms with Gasteiger partial charge in [-0.15, -0.1) is 0 Å². The van der Waals surface area contributed by atoms with Crippen LogP contribution in [-0.2, 0) is 6.54 Å². The summed E-state index contributed by atoms with van der Waals surface area (Å²) >= 11 is 0. The Morgan fingerprint density at radius 2 is 2.18 bits per heavy atom. The fourth-order valence-corrected chi connectivity index (χ4v) is 1.94. The fraction of sp³-hybridized carbons (Fsp3) is 0.571. The molecule has 0 saturated heterocycles. The summed E-state index contributed by atoms with van der Waals surface area (Å²) in [5, 5.41) is 3.47. The van der Waals surface area contributed by atoms with E-state index in [0.29, 0.717) is 0 Å². The molecule has 0 aromatic heterocycles. The summed E-state index contributed by atoms with van der Waals surface area (Å²) in [6.45, 7) is 8.08. The molecule has 0 fully saturated rings. The molecule has 17 heavy (non-hydrogen) atoms. The molecule has 0 radical (unpaired) electrons. The molecule has 1 aliphatic rings. The molecule has 0 aliphatic carbocycles. The molecule has 1 atom stereocenters. The van der Waals surface area contributed by atoms with Crippen LogP contribution < -0.4 is 15.8 Å². The molecule has 2 rings (SSSR count). The molecule has 1 aromatic rings. The van der Waals surface area contributed by atoms with Crippen LogP contribution in [0.5, 0.6) is 5.75 Å². The third-order valence-electron chi connectivity index (χ3n) is 2.99. The van der Waals surface area contributed by atoms with Gasteiger partial charge >= 0.3 is 0 Å². The maximum Gasteiger partial charge on any atom is 0.124 e. The van der Waals surface area contributed by atoms with Crippen molar-refractivity contribution in [2.24, 2.45) is 5.73 Å². The Hall–Kier alpha value is -1.06. The van der Waals surface area contributed by atoms with Gasteiger partial charge in [-0.3, -0.25) is 0 Å². The molecule has 3 heteroatoms. The molecule has 0 bridgehead atoms. The molecule has 3 nitrogen and oxygen atoms in total. The SMILES string of the molecule is CC(C)(C)NCc1ccc2c(c1)OCCC2N. The Morgan fingerprint density at radius 3 is 2.88 bits per heavy atom. The first kappa shape index (κ1) is 12.4. The third kappa shape index (κ3) is 3.20. The van der Waals surface area contributed by atoms with Crippen molar-refractivity contribution >= 4 is 0 Å². The van der Waals surface area contributed by atoms with E-state index in [1.54, 1.807) is 0 Å². The van der Waals surface area contributed by atoms with Crippen molar-refractivity contribution in [3.05, 3.63) is 29.3 Å². The summed E-state index contributed by atoms with van der Waals surface area (Å²) in [5.74, 6) is 0.956. The highest BCUT2D eigenvalue weighted by Gasteiger charge is 2.18. The molecule has 0 spiro atoms. The lowest BCUT2D eigenvalue weighted by Gasteiger charge is -2.24. The van der Waals surface area contributed by atoms with Crippen molar-refractivity contribution in [2.45, 2.75) is 45.3 Å². The molecule has 94 valence electrons. The first-order valence-electron chi connectivity index (χ1n) is 6.22. The number of benzene rings is 1. The minimum absolute atomic E-state index is 0.128. The number of ether oxygens (including phenoxy) is 1. The molecule has 1 aliphatic heterocycles. The van der Waals surface area contributed by atoms with Crippen LogP contribution in [0.25, 0.3) is 0 Å². The van der Waals surface area contributed by atoms with Crippen molar-refractivity contribution in [1.82, 2.24) is 5.32 Å². The highest BCUT2D eigenvalue weighted by atomic mass is 16.5. The zero-order valence-corrected chi connectivity index (χ0v) is 10.9. The Labute approximate surface area is 103 Å². The quantitative estimate of drug-likeness (QED) is 0.826. The Bertz CT molecular complexity index is 396. The second-order valence-corrected chi connectivity index (χ2v) is 5.72. The second-order valence-electron chi connectivity index (χ2n) is 5.72. The Morgan fingerprint density at radius 1 is 1.41 bits per heavy atom. The monoisotopic (exact) mass is 234 g/mol. The van der Waals surface area contributed by atoms with E-state index in [9.17, 15) is 0 Å². The number of hydrogen-bond donors (Lipinski definition) is 2. The Kier molecular flexibility index (Phi) is 3.40. The first-order valence-corrected chi connectivity index (χ1v) is 6.22. The summed E-state index contributed by atoms with van der Waals surface area (Å²) in [7, 11) is 0. The van der Waals surface area contributed by atoms with E-state index >= 15 is 0 Å². The maximum absolute atomic E-state index is 6.04. The van der Waals surface area contributed by atoms with Crippen molar-refractivity contribution in [2.75, 3.05) is 6.61 Å². The summed E-state index contributed by atoms with van der Waals surface area (Å²) < 4.78 is 5.66. The average molecular weight is 234 g/mol. The van der Waals surface area contributed by atoms with Gasteiger partial charge in [-0.2, -0.15) is 0 Å². The predicted octanol–water partition coefficient (Wildman–Crippen LogP) is 2.36. The van der Waals surface area contributed by atoms with Gasteiger partial charge in [0.15, 0.2) is 0 Å². The summed E-state index contributed by atoms with van der Waals surface area (Å²) in [4.78, 5) is 0. The van der Waals surface area contributed by atoms with Crippen LogP contribution in [0.1, 0.15) is 44.4 Å². The largest absolute Gasteiger partial charge is 0.493 e. The van der Waals surface area contributed by atoms with Crippen molar-refractivity contribution in [3.63, 3.8) is 0 Å². The Balaban J connectivity index is 2.11. The predicted molar refractivity (Wildman–Crippen MR) is 70.1 cm³/mol. The number of hydrogen-bond acceptors (Lipinski definition) is 3. The number of rotatable bonds is 2. The average Bonchev–Trinajstić information content (AvgIpc) is 2.26. The number of nitrogens with one attached hydrogen (secondary N) is 1. The maximum atomic E-state index is 6.04. The van der Waals surface area contributed by atoms with Crippen molar-refractivity contribution < 1.29 is 4.74 Å². The molecule has 1 aromatic carbocycles. The van der Waals surface area contributed by atoms with E-state index in [1.807, 2.05) is 0 Å². The van der Waals surface area contributed by atoms with Crippen LogP contribution in [0, 0.1) is 0 Å². The third-order valence-corrected chi connectivity index (χ3v) is 2.99. The molecule has 1 unspecified atom stereocenters. The number of nitrogens with two attached hydrogens (primary N) is 1. The van der Waals surface area contributed by atoms with E-state index in [4.69, 9.17) is 10.5 Å². The lowest BCUT2D eigenvalue weighted by atomic mass is 9.99. The van der Waals surface area contributed by atoms with Crippen LogP contribution in [-0.4, -0.2) is 12.1 Å². The van der Waals surface area contributed by atoms with Crippen LogP contribution in [0.2, 0.25) is 0 Å². The first-order chi connectivity index (χ1) is 7.96. The summed E-state index contributed by atoms with van der Waals surface area (Å²) in [6, 6.07) is 6.46. The molecule has 3 N–H and O–H groups in total. The summed E-state index contributed by atoms with van der Waals surface area (Å²) in [5.41, 5.74) is 8.55. The van der Waals surface area contributed by atoms with Gasteiger partial charge in [-0.25, -0.2) is 0 Å². The molecule has 0 amide bonds. The molecular formula is C14H22N2O. The highest BCUT2D eigenvalue weighted by molar-refractivity contribution is 5.40. The van der Waals surface area contributed by atoms with Crippen molar-refractivity contribution in [3.8, 4) is 5.75 Å². The molecule has 1 heterocycles. The summed E-state index contributed by atoms with van der Waals surface area (Å²) in [6.07, 6.45) is 0.909. The van der Waals surface area contributed by atoms with E-state index in [1.165, 1.54) is 5.56 Å². The van der Waals surface area contributed by atoms with Gasteiger partial charge in [0.25, 0.3) is 0 Å². The lowest BCUT2D eigenvalue weighted by molar-refractivity contribution is 0.268. The molecular weight excluding hydrogens is 212 g/mol. The van der Waals surface area contributed by atoms with E-state index < -0.39 is 0 Å². The van der Waals surface area contributed by atoms with Crippen molar-refractivity contribution in [1.29, 1.82) is 0 Å². The van der Waals surface area contributed by atoms with Gasteiger partial charge in [-0.1, -0.05) is 12.1 Å². The minimum atomic E-state index is 0.128. The number of fused-ring (bicyclic) bond motifs is 1. The lowest BCUT2D eigenvalue weighted by Crippen LogP contribution is -2.35. The minimum Gasteiger partial charge on any atom is -0.493 e. The van der Waals surface area contributed by atoms with Crippen LogP contribution in [0.4, 0.5) is 0 Å². The van der Waals surface area contributed by atoms with Crippen LogP contribution in [0.3, 0.4) is 0 Å². The van der Waals surface area contributed by atoms with Gasteiger partial charge in [0, 0.05) is 30.1 Å². The standard InChI is InChI=1S/C14H22N2O/c1-14(2,3)16-9-10-4-5-11-12(15)6-7-17-13(11)8-10/h4-5,8,12,16H,6-7,9,15H2,1-3H3. The van der Waals surface area contributed by atoms with E-state index in [-0.39, 0.29) is 11.6 Å². The van der Waals surface area contributed by atoms with Crippen LogP contribution >= 0.6 is 0 Å². The molecule has 0 saturated carbocycles. The van der Waals surface area contributed by atoms with E-state index in [2.05, 4.69) is 44.3 Å². The van der Waals surface area contributed by atoms with Gasteiger partial charge in [0.05, 0.1) is 6.61 Å². The van der Waals surface area contributed by atoms with Gasteiger partial charge in [0.1, 0.15) is 5.75 Å².